The molecule has 0 bridgehead atoms. The van der Waals surface area contributed by atoms with Crippen LogP contribution in [0.3, 0.4) is 0 Å². The van der Waals surface area contributed by atoms with Gasteiger partial charge in [0.05, 0.1) is 19.3 Å². The molecule has 2 fully saturated rings. The van der Waals surface area contributed by atoms with Crippen molar-refractivity contribution in [3.8, 4) is 0 Å². The van der Waals surface area contributed by atoms with Crippen LogP contribution in [0.15, 0.2) is 0 Å². The van der Waals surface area contributed by atoms with E-state index in [4.69, 9.17) is 9.84 Å². The van der Waals surface area contributed by atoms with Crippen LogP contribution in [-0.4, -0.2) is 73.4 Å². The van der Waals surface area contributed by atoms with Crippen LogP contribution in [0.4, 0.5) is 0 Å². The van der Waals surface area contributed by atoms with Gasteiger partial charge in [-0.25, -0.2) is 0 Å². The monoisotopic (exact) mass is 326 g/mol. The molecular formula is C18H34N2O3. The normalized spacial score (nSPS) is 25.6. The van der Waals surface area contributed by atoms with Crippen LogP contribution in [0, 0.1) is 11.8 Å². The summed E-state index contributed by atoms with van der Waals surface area (Å²) >= 11 is 0. The molecule has 5 nitrogen and oxygen atoms in total. The molecule has 0 aromatic carbocycles. The van der Waals surface area contributed by atoms with E-state index in [1.807, 2.05) is 11.9 Å². The molecule has 23 heavy (non-hydrogen) atoms. The van der Waals surface area contributed by atoms with Crippen molar-refractivity contribution in [3.63, 3.8) is 0 Å². The molecule has 0 aromatic heterocycles. The van der Waals surface area contributed by atoms with E-state index in [-0.39, 0.29) is 12.6 Å². The van der Waals surface area contributed by atoms with Crippen LogP contribution >= 0.6 is 0 Å². The van der Waals surface area contributed by atoms with Crippen LogP contribution < -0.4 is 0 Å². The Morgan fingerprint density at radius 1 is 1.35 bits per heavy atom. The molecule has 5 heteroatoms. The van der Waals surface area contributed by atoms with E-state index >= 15 is 0 Å². The molecule has 0 radical (unpaired) electrons. The quantitative estimate of drug-likeness (QED) is 0.742. The highest BCUT2D eigenvalue weighted by Crippen LogP contribution is 2.29. The van der Waals surface area contributed by atoms with E-state index in [0.717, 1.165) is 38.1 Å². The third kappa shape index (κ3) is 7.19. The number of rotatable bonds is 8. The van der Waals surface area contributed by atoms with Crippen LogP contribution in [0.2, 0.25) is 0 Å². The van der Waals surface area contributed by atoms with Gasteiger partial charge in [-0.3, -0.25) is 14.6 Å². The van der Waals surface area contributed by atoms with Crippen LogP contribution in [0.25, 0.3) is 0 Å². The van der Waals surface area contributed by atoms with E-state index < -0.39 is 5.97 Å². The summed E-state index contributed by atoms with van der Waals surface area (Å²) < 4.78 is 5.82. The van der Waals surface area contributed by atoms with Crippen LogP contribution in [0.1, 0.15) is 45.4 Å². The minimum absolute atomic E-state index is 0.0813. The molecule has 0 amide bonds. The Labute approximate surface area is 141 Å². The lowest BCUT2D eigenvalue weighted by molar-refractivity contribution is -0.138. The second-order valence-electron chi connectivity index (χ2n) is 7.69. The fourth-order valence-corrected chi connectivity index (χ4v) is 4.21. The van der Waals surface area contributed by atoms with Crippen molar-refractivity contribution < 1.29 is 14.6 Å². The first kappa shape index (κ1) is 18.7. The summed E-state index contributed by atoms with van der Waals surface area (Å²) in [7, 11) is 1.85. The van der Waals surface area contributed by atoms with Gasteiger partial charge >= 0.3 is 5.97 Å². The molecule has 1 heterocycles. The Hall–Kier alpha value is -0.650. The maximum Gasteiger partial charge on any atom is 0.317 e. The Morgan fingerprint density at radius 2 is 2.09 bits per heavy atom. The van der Waals surface area contributed by atoms with Crippen molar-refractivity contribution >= 4 is 5.97 Å². The molecule has 1 aliphatic carbocycles. The van der Waals surface area contributed by atoms with Crippen molar-refractivity contribution in [3.05, 3.63) is 0 Å². The molecule has 1 saturated carbocycles. The first-order valence-corrected chi connectivity index (χ1v) is 9.27. The number of hydrogen-bond donors (Lipinski definition) is 1. The summed E-state index contributed by atoms with van der Waals surface area (Å²) in [6, 6.07) is 0. The Morgan fingerprint density at radius 3 is 2.78 bits per heavy atom. The molecule has 2 unspecified atom stereocenters. The van der Waals surface area contributed by atoms with Crippen molar-refractivity contribution in [1.82, 2.24) is 9.80 Å². The molecule has 2 rings (SSSR count). The smallest absolute Gasteiger partial charge is 0.317 e. The van der Waals surface area contributed by atoms with Gasteiger partial charge in [0.25, 0.3) is 0 Å². The number of carbonyl (C=O) groups is 1. The van der Waals surface area contributed by atoms with Crippen molar-refractivity contribution in [2.24, 2.45) is 11.8 Å². The second-order valence-corrected chi connectivity index (χ2v) is 7.69. The molecule has 1 N–H and O–H groups in total. The number of carboxylic acid groups (broad SMARTS) is 1. The van der Waals surface area contributed by atoms with E-state index in [1.165, 1.54) is 38.5 Å². The van der Waals surface area contributed by atoms with Gasteiger partial charge in [-0.2, -0.15) is 0 Å². The van der Waals surface area contributed by atoms with Crippen molar-refractivity contribution in [2.45, 2.75) is 51.6 Å². The van der Waals surface area contributed by atoms with Gasteiger partial charge in [0.15, 0.2) is 0 Å². The van der Waals surface area contributed by atoms with Crippen LogP contribution in [0.5, 0.6) is 0 Å². The SMILES string of the molecule is CC(CC1CCCCC1)CN1CCOC(CN(C)CC(=O)O)C1. The molecule has 134 valence electrons. The van der Waals surface area contributed by atoms with Gasteiger partial charge < -0.3 is 9.84 Å². The molecule has 1 aliphatic heterocycles. The van der Waals surface area contributed by atoms with Gasteiger partial charge in [0.2, 0.25) is 0 Å². The van der Waals surface area contributed by atoms with Gasteiger partial charge in [-0.05, 0) is 25.3 Å². The third-order valence-electron chi connectivity index (χ3n) is 5.17. The zero-order valence-corrected chi connectivity index (χ0v) is 14.9. The summed E-state index contributed by atoms with van der Waals surface area (Å²) in [4.78, 5) is 15.1. The molecule has 1 saturated heterocycles. The summed E-state index contributed by atoms with van der Waals surface area (Å²) in [6.45, 7) is 7.02. The minimum atomic E-state index is -0.777. The largest absolute Gasteiger partial charge is 0.480 e. The number of likely N-dealkylation sites (N-methyl/N-ethyl adjacent to an activating group) is 1. The number of carboxylic acids is 1. The number of morpholine rings is 1. The predicted molar refractivity (Wildman–Crippen MR) is 91.7 cm³/mol. The zero-order chi connectivity index (χ0) is 16.7. The summed E-state index contributed by atoms with van der Waals surface area (Å²) in [5.41, 5.74) is 0. The average molecular weight is 326 g/mol. The molecular weight excluding hydrogens is 292 g/mol. The average Bonchev–Trinajstić information content (AvgIpc) is 2.47. The molecule has 0 aromatic rings. The fourth-order valence-electron chi connectivity index (χ4n) is 4.21. The topological polar surface area (TPSA) is 53.0 Å². The summed E-state index contributed by atoms with van der Waals surface area (Å²) in [5, 5.41) is 8.85. The summed E-state index contributed by atoms with van der Waals surface area (Å²) in [6.07, 6.45) is 8.63. The van der Waals surface area contributed by atoms with E-state index in [9.17, 15) is 4.79 Å². The Balaban J connectivity index is 1.69. The maximum atomic E-state index is 10.8. The number of aliphatic carboxylic acids is 1. The fraction of sp³-hybridized carbons (Fsp3) is 0.944. The predicted octanol–water partition coefficient (Wildman–Crippen LogP) is 2.31. The third-order valence-corrected chi connectivity index (χ3v) is 5.17. The van der Waals surface area contributed by atoms with Crippen molar-refractivity contribution in [1.29, 1.82) is 0 Å². The van der Waals surface area contributed by atoms with Crippen molar-refractivity contribution in [2.75, 3.05) is 46.4 Å². The minimum Gasteiger partial charge on any atom is -0.480 e. The Kier molecular flexibility index (Phi) is 7.80. The first-order chi connectivity index (χ1) is 11.0. The van der Waals surface area contributed by atoms with Gasteiger partial charge in [-0.15, -0.1) is 0 Å². The Bertz CT molecular complexity index is 358. The first-order valence-electron chi connectivity index (χ1n) is 9.27. The summed E-state index contributed by atoms with van der Waals surface area (Å²) in [5.74, 6) is 0.909. The van der Waals surface area contributed by atoms with Crippen LogP contribution in [-0.2, 0) is 9.53 Å². The molecule has 2 atom stereocenters. The van der Waals surface area contributed by atoms with E-state index in [0.29, 0.717) is 6.54 Å². The highest BCUT2D eigenvalue weighted by Gasteiger charge is 2.24. The van der Waals surface area contributed by atoms with E-state index in [1.54, 1.807) is 0 Å². The highest BCUT2D eigenvalue weighted by molar-refractivity contribution is 5.68. The lowest BCUT2D eigenvalue weighted by Gasteiger charge is -2.36. The van der Waals surface area contributed by atoms with E-state index in [2.05, 4.69) is 11.8 Å². The number of hydrogen-bond acceptors (Lipinski definition) is 4. The van der Waals surface area contributed by atoms with Gasteiger partial charge in [0.1, 0.15) is 0 Å². The lowest BCUT2D eigenvalue weighted by Crippen LogP contribution is -2.48. The molecule has 2 aliphatic rings. The second kappa shape index (κ2) is 9.60. The zero-order valence-electron chi connectivity index (χ0n) is 14.9. The maximum absolute atomic E-state index is 10.8. The number of nitrogens with zero attached hydrogens (tertiary/aromatic N) is 2. The van der Waals surface area contributed by atoms with Gasteiger partial charge in [-0.1, -0.05) is 39.0 Å². The highest BCUT2D eigenvalue weighted by atomic mass is 16.5. The van der Waals surface area contributed by atoms with Gasteiger partial charge in [0, 0.05) is 26.2 Å². The lowest BCUT2D eigenvalue weighted by atomic mass is 9.83. The number of ether oxygens (including phenoxy) is 1. The molecule has 0 spiro atoms. The standard InChI is InChI=1S/C18H34N2O3/c1-15(10-16-6-4-3-5-7-16)11-20-8-9-23-17(13-20)12-19(2)14-18(21)22/h15-17H,3-14H2,1-2H3,(H,21,22).